The van der Waals surface area contributed by atoms with Crippen LogP contribution < -0.4 is 0 Å². The normalized spacial score (nSPS) is 0. The van der Waals surface area contributed by atoms with E-state index in [1.165, 1.54) is 0 Å². The molecule has 26 N–H and O–H groups in total. The third-order valence-corrected chi connectivity index (χ3v) is 0. The Morgan fingerprint density at radius 1 is 0.133 bits per heavy atom. The summed E-state index contributed by atoms with van der Waals surface area (Å²) < 4.78 is 0. The molecular formula is H26Fe2O13. The summed E-state index contributed by atoms with van der Waals surface area (Å²) in [6.45, 7) is 0. The topological polar surface area (TPSA) is 410 Å². The van der Waals surface area contributed by atoms with Gasteiger partial charge in [0.1, 0.15) is 0 Å². The minimum absolute atomic E-state index is 0. The van der Waals surface area contributed by atoms with E-state index in [2.05, 4.69) is 0 Å². The van der Waals surface area contributed by atoms with Crippen LogP contribution in [-0.4, -0.2) is 71.2 Å². The second kappa shape index (κ2) is 9850. The molecule has 0 fully saturated rings. The fourth-order valence-electron chi connectivity index (χ4n) is 0. The summed E-state index contributed by atoms with van der Waals surface area (Å²) in [5, 5.41) is 0. The molecule has 0 saturated heterocycles. The Kier molecular flexibility index (Phi) is 7980000. The van der Waals surface area contributed by atoms with Gasteiger partial charge in [-0.2, -0.15) is 0 Å². The molecule has 0 heterocycles. The first-order valence-electron chi connectivity index (χ1n) is 0. The van der Waals surface area contributed by atoms with E-state index in [1.807, 2.05) is 0 Å². The Morgan fingerprint density at radius 3 is 0.133 bits per heavy atom. The second-order valence-electron chi connectivity index (χ2n) is 0. The van der Waals surface area contributed by atoms with Crippen LogP contribution in [0.15, 0.2) is 0 Å². The molecule has 15 heteroatoms. The van der Waals surface area contributed by atoms with Crippen LogP contribution in [0.2, 0.25) is 0 Å². The van der Waals surface area contributed by atoms with Crippen molar-refractivity contribution in [1.82, 2.24) is 0 Å². The zero-order chi connectivity index (χ0) is 0. The molecule has 120 valence electrons. The SMILES string of the molecule is O.O.O.O.O.O.O.O.O.O.O.O.O.[Fe].[Fe]. The number of hydrogen-bond donors (Lipinski definition) is 0. The predicted molar refractivity (Wildman–Crippen MR) is 47.0 cm³/mol. The summed E-state index contributed by atoms with van der Waals surface area (Å²) in [4.78, 5) is 0. The van der Waals surface area contributed by atoms with E-state index in [4.69, 9.17) is 0 Å². The molecule has 0 aromatic carbocycles. The van der Waals surface area contributed by atoms with Gasteiger partial charge in [0.2, 0.25) is 0 Å². The molecular weight excluding hydrogens is 320 g/mol. The zero-order valence-electron chi connectivity index (χ0n) is 7.21. The first-order valence-corrected chi connectivity index (χ1v) is 0. The maximum absolute atomic E-state index is 0. The van der Waals surface area contributed by atoms with Gasteiger partial charge >= 0.3 is 0 Å². The van der Waals surface area contributed by atoms with Gasteiger partial charge in [-0.25, -0.2) is 0 Å². The van der Waals surface area contributed by atoms with Crippen molar-refractivity contribution in [2.45, 2.75) is 0 Å². The fourth-order valence-corrected chi connectivity index (χ4v) is 0. The van der Waals surface area contributed by atoms with Gasteiger partial charge < -0.3 is 71.2 Å². The Hall–Kier alpha value is 0.519. The molecule has 0 unspecified atom stereocenters. The second-order valence-corrected chi connectivity index (χ2v) is 0. The van der Waals surface area contributed by atoms with E-state index in [0.717, 1.165) is 0 Å². The van der Waals surface area contributed by atoms with Crippen molar-refractivity contribution >= 4 is 0 Å². The van der Waals surface area contributed by atoms with Gasteiger partial charge in [0, 0.05) is 34.1 Å². The van der Waals surface area contributed by atoms with Crippen LogP contribution in [0, 0.1) is 0 Å². The van der Waals surface area contributed by atoms with Crippen molar-refractivity contribution in [2.75, 3.05) is 0 Å². The minimum Gasteiger partial charge on any atom is -0.412 e. The Morgan fingerprint density at radius 2 is 0.133 bits per heavy atom. The van der Waals surface area contributed by atoms with Crippen LogP contribution in [0.4, 0.5) is 0 Å². The van der Waals surface area contributed by atoms with Crippen molar-refractivity contribution < 1.29 is 105 Å². The van der Waals surface area contributed by atoms with Gasteiger partial charge in [-0.1, -0.05) is 0 Å². The average molecular weight is 346 g/mol. The first kappa shape index (κ1) is 12100. The van der Waals surface area contributed by atoms with Crippen molar-refractivity contribution in [3.63, 3.8) is 0 Å². The van der Waals surface area contributed by atoms with Crippen molar-refractivity contribution in [3.8, 4) is 0 Å². The van der Waals surface area contributed by atoms with Gasteiger partial charge in [-0.05, 0) is 0 Å². The van der Waals surface area contributed by atoms with Gasteiger partial charge in [-0.15, -0.1) is 0 Å². The van der Waals surface area contributed by atoms with Gasteiger partial charge in [-0.3, -0.25) is 0 Å². The molecule has 0 rings (SSSR count). The molecule has 15 heavy (non-hydrogen) atoms. The summed E-state index contributed by atoms with van der Waals surface area (Å²) in [5.74, 6) is 0. The summed E-state index contributed by atoms with van der Waals surface area (Å²) in [6, 6.07) is 0. The Balaban J connectivity index is 0. The van der Waals surface area contributed by atoms with Crippen LogP contribution in [-0.2, 0) is 34.1 Å². The summed E-state index contributed by atoms with van der Waals surface area (Å²) >= 11 is 0. The Labute approximate surface area is 106 Å². The first-order chi connectivity index (χ1) is 0. The predicted octanol–water partition coefficient (Wildman–Crippen LogP) is -10.7. The molecule has 0 aliphatic carbocycles. The Bertz CT molecular complexity index is 8.50. The van der Waals surface area contributed by atoms with Crippen LogP contribution in [0.3, 0.4) is 0 Å². The van der Waals surface area contributed by atoms with Crippen molar-refractivity contribution in [3.05, 3.63) is 0 Å². The smallest absolute Gasteiger partial charge is 0 e. The van der Waals surface area contributed by atoms with Crippen molar-refractivity contribution in [1.29, 1.82) is 0 Å². The van der Waals surface area contributed by atoms with Gasteiger partial charge in [0.15, 0.2) is 0 Å². The molecule has 0 spiro atoms. The van der Waals surface area contributed by atoms with Gasteiger partial charge in [0.25, 0.3) is 0 Å². The monoisotopic (exact) mass is 346 g/mol. The molecule has 0 saturated carbocycles. The van der Waals surface area contributed by atoms with Crippen LogP contribution in [0.25, 0.3) is 0 Å². The molecule has 0 aromatic heterocycles. The third kappa shape index (κ3) is 8450. The quantitative estimate of drug-likeness (QED) is 0.368. The number of hydrogen-bond acceptors (Lipinski definition) is 0. The molecule has 0 radical (unpaired) electrons. The average Bonchev–Trinajstić information content (AvgIpc) is 0. The largest absolute Gasteiger partial charge is 0.412 e. The van der Waals surface area contributed by atoms with Crippen molar-refractivity contribution in [2.24, 2.45) is 0 Å². The molecule has 13 nitrogen and oxygen atoms in total. The third-order valence-electron chi connectivity index (χ3n) is 0. The molecule has 0 aliphatic rings. The van der Waals surface area contributed by atoms with E-state index >= 15 is 0 Å². The maximum Gasteiger partial charge on any atom is 0 e. The fraction of sp³-hybridized carbons (Fsp3) is 0. The molecule has 0 aliphatic heterocycles. The van der Waals surface area contributed by atoms with Crippen LogP contribution in [0.1, 0.15) is 0 Å². The molecule has 0 bridgehead atoms. The van der Waals surface area contributed by atoms with Crippen LogP contribution >= 0.6 is 0 Å². The number of rotatable bonds is 0. The summed E-state index contributed by atoms with van der Waals surface area (Å²) in [6.07, 6.45) is 0. The molecule has 0 atom stereocenters. The van der Waals surface area contributed by atoms with Crippen LogP contribution in [0.5, 0.6) is 0 Å². The van der Waals surface area contributed by atoms with E-state index in [0.29, 0.717) is 0 Å². The summed E-state index contributed by atoms with van der Waals surface area (Å²) in [7, 11) is 0. The molecule has 0 aromatic rings. The standard InChI is InChI=1S/2Fe.13H2O/h;;13*1H2. The van der Waals surface area contributed by atoms with E-state index in [-0.39, 0.29) is 105 Å². The van der Waals surface area contributed by atoms with E-state index in [9.17, 15) is 0 Å². The molecule has 0 amide bonds. The minimum atomic E-state index is 0. The zero-order valence-corrected chi connectivity index (χ0v) is 9.42. The maximum atomic E-state index is 0. The summed E-state index contributed by atoms with van der Waals surface area (Å²) in [5.41, 5.74) is 0. The van der Waals surface area contributed by atoms with Gasteiger partial charge in [0.05, 0.1) is 0 Å². The van der Waals surface area contributed by atoms with E-state index in [1.54, 1.807) is 0 Å². The van der Waals surface area contributed by atoms with E-state index < -0.39 is 0 Å².